The third-order valence-electron chi connectivity index (χ3n) is 1.32. The quantitative estimate of drug-likeness (QED) is 0.449. The molecule has 0 bridgehead atoms. The maximum absolute atomic E-state index is 10.9. The van der Waals surface area contributed by atoms with E-state index >= 15 is 0 Å². The minimum Gasteiger partial charge on any atom is -0.502 e. The van der Waals surface area contributed by atoms with Crippen LogP contribution in [0, 0.1) is 0 Å². The number of rotatable bonds is 8. The van der Waals surface area contributed by atoms with Gasteiger partial charge in [0.25, 0.3) is 0 Å². The van der Waals surface area contributed by atoms with E-state index < -0.39 is 0 Å². The summed E-state index contributed by atoms with van der Waals surface area (Å²) in [6.07, 6.45) is 2.17. The van der Waals surface area contributed by atoms with Crippen molar-refractivity contribution >= 4 is 5.91 Å². The van der Waals surface area contributed by atoms with E-state index in [0.717, 1.165) is 6.42 Å². The third kappa shape index (κ3) is 8.88. The molecule has 13 heavy (non-hydrogen) atoms. The second-order valence-electron chi connectivity index (χ2n) is 2.38. The third-order valence-corrected chi connectivity index (χ3v) is 1.32. The second kappa shape index (κ2) is 9.06. The van der Waals surface area contributed by atoms with Crippen molar-refractivity contribution in [3.63, 3.8) is 0 Å². The van der Waals surface area contributed by atoms with Crippen LogP contribution in [0.25, 0.3) is 0 Å². The van der Waals surface area contributed by atoms with Crippen LogP contribution in [0.15, 0.2) is 12.8 Å². The fraction of sp³-hybridized carbons (Fsp3) is 0.667. The van der Waals surface area contributed by atoms with Crippen LogP contribution in [0.4, 0.5) is 0 Å². The van der Waals surface area contributed by atoms with Gasteiger partial charge in [-0.2, -0.15) is 0 Å². The Bertz CT molecular complexity index is 148. The normalized spacial score (nSPS) is 9.31. The molecule has 4 heteroatoms. The zero-order valence-electron chi connectivity index (χ0n) is 8.04. The van der Waals surface area contributed by atoms with E-state index in [4.69, 9.17) is 9.47 Å². The molecule has 0 spiro atoms. The molecule has 0 aromatic heterocycles. The topological polar surface area (TPSA) is 47.6 Å². The van der Waals surface area contributed by atoms with Crippen LogP contribution in [0.3, 0.4) is 0 Å². The molecule has 1 amide bonds. The molecule has 0 rings (SSSR count). The number of hydrogen-bond donors (Lipinski definition) is 1. The van der Waals surface area contributed by atoms with Crippen molar-refractivity contribution in [2.45, 2.75) is 13.3 Å². The van der Waals surface area contributed by atoms with Gasteiger partial charge in [0.1, 0.15) is 6.61 Å². The first-order chi connectivity index (χ1) is 6.31. The average molecular weight is 187 g/mol. The summed E-state index contributed by atoms with van der Waals surface area (Å²) in [7, 11) is 0. The van der Waals surface area contributed by atoms with Crippen molar-refractivity contribution in [3.05, 3.63) is 12.8 Å². The SMILES string of the molecule is C=COCCCNC(=O)COCC. The van der Waals surface area contributed by atoms with Gasteiger partial charge in [-0.05, 0) is 13.3 Å². The minimum atomic E-state index is -0.0829. The predicted molar refractivity (Wildman–Crippen MR) is 50.3 cm³/mol. The maximum atomic E-state index is 10.9. The van der Waals surface area contributed by atoms with Gasteiger partial charge in [-0.25, -0.2) is 0 Å². The van der Waals surface area contributed by atoms with Gasteiger partial charge < -0.3 is 14.8 Å². The molecule has 1 N–H and O–H groups in total. The molecule has 0 unspecified atom stereocenters. The van der Waals surface area contributed by atoms with Gasteiger partial charge in [0, 0.05) is 13.2 Å². The zero-order chi connectivity index (χ0) is 9.94. The molecule has 0 heterocycles. The molecule has 76 valence electrons. The van der Waals surface area contributed by atoms with Crippen molar-refractivity contribution in [1.82, 2.24) is 5.32 Å². The highest BCUT2D eigenvalue weighted by atomic mass is 16.5. The Morgan fingerprint density at radius 2 is 2.38 bits per heavy atom. The molecule has 0 atom stereocenters. The highest BCUT2D eigenvalue weighted by molar-refractivity contribution is 5.77. The molecule has 0 aromatic carbocycles. The lowest BCUT2D eigenvalue weighted by Crippen LogP contribution is -2.28. The average Bonchev–Trinajstić information content (AvgIpc) is 2.14. The molecule has 0 aromatic rings. The van der Waals surface area contributed by atoms with Crippen LogP contribution < -0.4 is 5.32 Å². The van der Waals surface area contributed by atoms with Gasteiger partial charge in [-0.1, -0.05) is 6.58 Å². The van der Waals surface area contributed by atoms with Crippen LogP contribution in [-0.4, -0.2) is 32.3 Å². The number of carbonyl (C=O) groups excluding carboxylic acids is 1. The Hall–Kier alpha value is -1.03. The molecule has 0 saturated heterocycles. The van der Waals surface area contributed by atoms with E-state index in [1.807, 2.05) is 6.92 Å². The van der Waals surface area contributed by atoms with E-state index in [1.165, 1.54) is 6.26 Å². The van der Waals surface area contributed by atoms with E-state index in [1.54, 1.807) is 0 Å². The fourth-order valence-electron chi connectivity index (χ4n) is 0.712. The molecule has 0 saturated carbocycles. The van der Waals surface area contributed by atoms with Crippen LogP contribution in [-0.2, 0) is 14.3 Å². The lowest BCUT2D eigenvalue weighted by molar-refractivity contribution is -0.125. The summed E-state index contributed by atoms with van der Waals surface area (Å²) in [5, 5.41) is 2.70. The Balaban J connectivity index is 3.12. The number of amides is 1. The zero-order valence-corrected chi connectivity index (χ0v) is 8.04. The Morgan fingerprint density at radius 1 is 1.62 bits per heavy atom. The van der Waals surface area contributed by atoms with Gasteiger partial charge in [0.05, 0.1) is 12.9 Å². The second-order valence-corrected chi connectivity index (χ2v) is 2.38. The molecule has 4 nitrogen and oxygen atoms in total. The largest absolute Gasteiger partial charge is 0.502 e. The highest BCUT2D eigenvalue weighted by Crippen LogP contribution is 1.81. The van der Waals surface area contributed by atoms with Gasteiger partial charge >= 0.3 is 0 Å². The number of ether oxygens (including phenoxy) is 2. The number of carbonyl (C=O) groups is 1. The van der Waals surface area contributed by atoms with Crippen molar-refractivity contribution in [3.8, 4) is 0 Å². The summed E-state index contributed by atoms with van der Waals surface area (Å²) in [4.78, 5) is 10.9. The van der Waals surface area contributed by atoms with Gasteiger partial charge in [-0.3, -0.25) is 4.79 Å². The van der Waals surface area contributed by atoms with Crippen LogP contribution in [0.5, 0.6) is 0 Å². The Labute approximate surface area is 78.9 Å². The van der Waals surface area contributed by atoms with Gasteiger partial charge in [-0.15, -0.1) is 0 Å². The van der Waals surface area contributed by atoms with E-state index in [2.05, 4.69) is 11.9 Å². The smallest absolute Gasteiger partial charge is 0.245 e. The van der Waals surface area contributed by atoms with Crippen molar-refractivity contribution in [2.24, 2.45) is 0 Å². The molecule has 0 aliphatic heterocycles. The van der Waals surface area contributed by atoms with E-state index in [9.17, 15) is 4.79 Å². The molecular weight excluding hydrogens is 170 g/mol. The first-order valence-corrected chi connectivity index (χ1v) is 4.38. The Morgan fingerprint density at radius 3 is 3.00 bits per heavy atom. The summed E-state index contributed by atoms with van der Waals surface area (Å²) in [6, 6.07) is 0. The number of nitrogens with one attached hydrogen (secondary N) is 1. The molecular formula is C9H17NO3. The maximum Gasteiger partial charge on any atom is 0.245 e. The summed E-state index contributed by atoms with van der Waals surface area (Å²) in [5.41, 5.74) is 0. The first kappa shape index (κ1) is 12.0. The van der Waals surface area contributed by atoms with Crippen molar-refractivity contribution < 1.29 is 14.3 Å². The van der Waals surface area contributed by atoms with E-state index in [0.29, 0.717) is 19.8 Å². The highest BCUT2D eigenvalue weighted by Gasteiger charge is 1.98. The van der Waals surface area contributed by atoms with Crippen LogP contribution >= 0.6 is 0 Å². The van der Waals surface area contributed by atoms with E-state index in [-0.39, 0.29) is 12.5 Å². The summed E-state index contributed by atoms with van der Waals surface area (Å²) in [5.74, 6) is -0.0829. The lowest BCUT2D eigenvalue weighted by atomic mass is 10.4. The molecule has 0 radical (unpaired) electrons. The van der Waals surface area contributed by atoms with Crippen molar-refractivity contribution in [2.75, 3.05) is 26.4 Å². The minimum absolute atomic E-state index is 0.0829. The predicted octanol–water partition coefficient (Wildman–Crippen LogP) is 0.689. The summed E-state index contributed by atoms with van der Waals surface area (Å²) < 4.78 is 9.79. The summed E-state index contributed by atoms with van der Waals surface area (Å²) >= 11 is 0. The standard InChI is InChI=1S/C9H17NO3/c1-3-12-7-5-6-10-9(11)8-13-4-2/h3H,1,4-8H2,2H3,(H,10,11). The van der Waals surface area contributed by atoms with Crippen LogP contribution in [0.2, 0.25) is 0 Å². The van der Waals surface area contributed by atoms with Crippen molar-refractivity contribution in [1.29, 1.82) is 0 Å². The summed E-state index contributed by atoms with van der Waals surface area (Å²) in [6.45, 7) is 7.15. The monoisotopic (exact) mass is 187 g/mol. The lowest BCUT2D eigenvalue weighted by Gasteiger charge is -2.04. The fourth-order valence-corrected chi connectivity index (χ4v) is 0.712. The first-order valence-electron chi connectivity index (χ1n) is 4.38. The van der Waals surface area contributed by atoms with Gasteiger partial charge in [0.15, 0.2) is 0 Å². The van der Waals surface area contributed by atoms with Crippen LogP contribution in [0.1, 0.15) is 13.3 Å². The molecule has 0 fully saturated rings. The molecule has 0 aliphatic rings. The van der Waals surface area contributed by atoms with Gasteiger partial charge in [0.2, 0.25) is 5.91 Å². The number of hydrogen-bond acceptors (Lipinski definition) is 3. The molecule has 0 aliphatic carbocycles. The Kier molecular flexibility index (Phi) is 8.34.